The number of benzene rings is 2. The Balaban J connectivity index is 1.23. The molecule has 30 heavy (non-hydrogen) atoms. The maximum Gasteiger partial charge on any atom is 0.115 e. The smallest absolute Gasteiger partial charge is 0.115 e. The number of nitrogens with zero attached hydrogens (tertiary/aromatic N) is 2. The van der Waals surface area contributed by atoms with Crippen molar-refractivity contribution in [3.63, 3.8) is 0 Å². The predicted molar refractivity (Wildman–Crippen MR) is 115 cm³/mol. The van der Waals surface area contributed by atoms with Crippen LogP contribution in [0.5, 0.6) is 0 Å². The number of hydrogen-bond donors (Lipinski definition) is 0. The Labute approximate surface area is 178 Å². The minimum atomic E-state index is 0.201. The first-order valence-corrected chi connectivity index (χ1v) is 11.7. The van der Waals surface area contributed by atoms with E-state index in [0.29, 0.717) is 36.1 Å². The Morgan fingerprint density at radius 1 is 0.667 bits per heavy atom. The van der Waals surface area contributed by atoms with E-state index >= 15 is 0 Å². The van der Waals surface area contributed by atoms with Gasteiger partial charge in [0, 0.05) is 37.8 Å². The van der Waals surface area contributed by atoms with Gasteiger partial charge in [0.1, 0.15) is 12.5 Å². The second-order valence-electron chi connectivity index (χ2n) is 10.2. The van der Waals surface area contributed by atoms with Crippen LogP contribution in [0.25, 0.3) is 0 Å². The zero-order valence-electron chi connectivity index (χ0n) is 17.8. The van der Waals surface area contributed by atoms with E-state index in [1.165, 1.54) is 22.3 Å². The molecule has 0 saturated carbocycles. The van der Waals surface area contributed by atoms with Gasteiger partial charge in [-0.05, 0) is 22.3 Å². The molecule has 0 N–H and O–H groups in total. The van der Waals surface area contributed by atoms with E-state index in [4.69, 9.17) is 9.47 Å². The lowest BCUT2D eigenvalue weighted by molar-refractivity contribution is -0.105. The van der Waals surface area contributed by atoms with Crippen LogP contribution in [-0.4, -0.2) is 47.6 Å². The summed E-state index contributed by atoms with van der Waals surface area (Å²) in [6, 6.07) is 18.7. The van der Waals surface area contributed by atoms with Crippen molar-refractivity contribution in [2.24, 2.45) is 11.8 Å². The summed E-state index contributed by atoms with van der Waals surface area (Å²) in [6.07, 6.45) is 3.11. The number of ether oxygens (including phenoxy) is 2. The molecule has 3 fully saturated rings. The quantitative estimate of drug-likeness (QED) is 0.667. The molecule has 8 atom stereocenters. The first kappa shape index (κ1) is 17.9. The maximum atomic E-state index is 6.76. The molecule has 3 saturated heterocycles. The van der Waals surface area contributed by atoms with Crippen LogP contribution >= 0.6 is 0 Å². The molecule has 3 aliphatic heterocycles. The fourth-order valence-corrected chi connectivity index (χ4v) is 7.14. The number of fused-ring (bicyclic) bond motifs is 10. The summed E-state index contributed by atoms with van der Waals surface area (Å²) in [5.74, 6) is 0.903. The molecule has 0 radical (unpaired) electrons. The molecule has 7 rings (SSSR count). The minimum Gasteiger partial charge on any atom is -0.357 e. The van der Waals surface area contributed by atoms with Crippen LogP contribution in [0.4, 0.5) is 0 Å². The first-order chi connectivity index (χ1) is 14.7. The Morgan fingerprint density at radius 2 is 1.10 bits per heavy atom. The highest BCUT2D eigenvalue weighted by atomic mass is 16.5. The summed E-state index contributed by atoms with van der Waals surface area (Å²) in [7, 11) is 0. The summed E-state index contributed by atoms with van der Waals surface area (Å²) < 4.78 is 13.5. The molecule has 4 nitrogen and oxygen atoms in total. The van der Waals surface area contributed by atoms with E-state index < -0.39 is 0 Å². The molecule has 0 bridgehead atoms. The Bertz CT molecular complexity index is 913. The van der Waals surface area contributed by atoms with Gasteiger partial charge in [0.2, 0.25) is 0 Å². The normalized spacial score (nSPS) is 41.9. The van der Waals surface area contributed by atoms with Gasteiger partial charge in [0.05, 0.1) is 24.3 Å². The van der Waals surface area contributed by atoms with Crippen LogP contribution in [0.15, 0.2) is 48.5 Å². The molecule has 2 aromatic rings. The van der Waals surface area contributed by atoms with E-state index in [-0.39, 0.29) is 12.5 Å². The second kappa shape index (κ2) is 6.39. The van der Waals surface area contributed by atoms with Crippen molar-refractivity contribution in [2.45, 2.75) is 63.4 Å². The zero-order chi connectivity index (χ0) is 20.0. The molecule has 4 unspecified atom stereocenters. The van der Waals surface area contributed by atoms with Gasteiger partial charge in [-0.2, -0.15) is 0 Å². The fourth-order valence-electron chi connectivity index (χ4n) is 7.14. The molecule has 5 aliphatic rings. The van der Waals surface area contributed by atoms with Crippen molar-refractivity contribution >= 4 is 0 Å². The highest BCUT2D eigenvalue weighted by Crippen LogP contribution is 2.51. The van der Waals surface area contributed by atoms with Gasteiger partial charge in [-0.15, -0.1) is 0 Å². The van der Waals surface area contributed by atoms with Crippen LogP contribution in [0.2, 0.25) is 0 Å². The highest BCUT2D eigenvalue weighted by molar-refractivity contribution is 5.39. The van der Waals surface area contributed by atoms with Crippen LogP contribution in [0.1, 0.15) is 48.2 Å². The molecule has 4 heteroatoms. The largest absolute Gasteiger partial charge is 0.357 e. The second-order valence-corrected chi connectivity index (χ2v) is 10.2. The third kappa shape index (κ3) is 2.36. The molecule has 0 amide bonds. The van der Waals surface area contributed by atoms with E-state index in [2.05, 4.69) is 72.2 Å². The van der Waals surface area contributed by atoms with Gasteiger partial charge in [-0.3, -0.25) is 9.80 Å². The van der Waals surface area contributed by atoms with Crippen LogP contribution in [-0.2, 0) is 22.3 Å². The predicted octanol–water partition coefficient (Wildman–Crippen LogP) is 3.92. The van der Waals surface area contributed by atoms with Crippen LogP contribution < -0.4 is 0 Å². The zero-order valence-corrected chi connectivity index (χ0v) is 17.8. The summed E-state index contributed by atoms with van der Waals surface area (Å²) in [5.41, 5.74) is 5.91. The van der Waals surface area contributed by atoms with Crippen molar-refractivity contribution < 1.29 is 9.47 Å². The van der Waals surface area contributed by atoms with Gasteiger partial charge in [-0.25, -0.2) is 0 Å². The van der Waals surface area contributed by atoms with Gasteiger partial charge >= 0.3 is 0 Å². The SMILES string of the molecule is CC1CN2C(O[C@H]3Cc4ccccc4[C@H]32)C(C)CN2C1O[C@H]1Cc3ccccc3[C@H]12. The van der Waals surface area contributed by atoms with E-state index in [9.17, 15) is 0 Å². The van der Waals surface area contributed by atoms with Gasteiger partial charge < -0.3 is 9.47 Å². The maximum absolute atomic E-state index is 6.76. The summed E-state index contributed by atoms with van der Waals surface area (Å²) >= 11 is 0. The lowest BCUT2D eigenvalue weighted by Gasteiger charge is -2.42. The van der Waals surface area contributed by atoms with Crippen molar-refractivity contribution in [3.8, 4) is 0 Å². The average Bonchev–Trinajstić information content (AvgIpc) is 3.46. The molecule has 2 aliphatic carbocycles. The number of rotatable bonds is 0. The van der Waals surface area contributed by atoms with Gasteiger partial charge in [0.25, 0.3) is 0 Å². The van der Waals surface area contributed by atoms with Crippen LogP contribution in [0, 0.1) is 11.8 Å². The molecular weight excluding hydrogens is 372 g/mol. The summed E-state index contributed by atoms with van der Waals surface area (Å²) in [6.45, 7) is 6.83. The summed E-state index contributed by atoms with van der Waals surface area (Å²) in [5, 5.41) is 0. The highest BCUT2D eigenvalue weighted by Gasteiger charge is 2.55. The molecule has 2 aromatic carbocycles. The fraction of sp³-hybridized carbons (Fsp3) is 0.538. The Hall–Kier alpha value is -1.72. The standard InChI is InChI=1S/C26H30N2O2/c1-15-13-27-23-19-9-5-3-8-18(19)12-22(23)30-26(27)16(2)14-28-24-20-10-6-4-7-17(20)11-21(24)29-25(15)28/h3-10,15-16,21-26H,11-14H2,1-2H3/t15?,16?,21-,22-,23+,24+,25?,26?/m0/s1. The first-order valence-electron chi connectivity index (χ1n) is 11.7. The molecule has 0 aromatic heterocycles. The summed E-state index contributed by atoms with van der Waals surface area (Å²) in [4.78, 5) is 5.35. The lowest BCUT2D eigenvalue weighted by Crippen LogP contribution is -2.52. The Kier molecular flexibility index (Phi) is 3.82. The number of hydrogen-bond acceptors (Lipinski definition) is 4. The van der Waals surface area contributed by atoms with Gasteiger partial charge in [0.15, 0.2) is 0 Å². The lowest BCUT2D eigenvalue weighted by atomic mass is 9.96. The third-order valence-corrected chi connectivity index (χ3v) is 8.26. The monoisotopic (exact) mass is 402 g/mol. The van der Waals surface area contributed by atoms with Crippen LogP contribution in [0.3, 0.4) is 0 Å². The van der Waals surface area contributed by atoms with E-state index in [1.54, 1.807) is 0 Å². The molecule has 3 heterocycles. The molecule has 0 spiro atoms. The van der Waals surface area contributed by atoms with Crippen molar-refractivity contribution in [2.75, 3.05) is 13.1 Å². The molecular formula is C26H30N2O2. The third-order valence-electron chi connectivity index (χ3n) is 8.26. The Morgan fingerprint density at radius 3 is 1.57 bits per heavy atom. The van der Waals surface area contributed by atoms with E-state index in [0.717, 1.165) is 25.9 Å². The molecule has 156 valence electrons. The van der Waals surface area contributed by atoms with Crippen molar-refractivity contribution in [3.05, 3.63) is 70.8 Å². The van der Waals surface area contributed by atoms with Gasteiger partial charge in [-0.1, -0.05) is 62.4 Å². The van der Waals surface area contributed by atoms with Crippen molar-refractivity contribution in [1.82, 2.24) is 9.80 Å². The average molecular weight is 403 g/mol. The van der Waals surface area contributed by atoms with Crippen molar-refractivity contribution in [1.29, 1.82) is 0 Å². The van der Waals surface area contributed by atoms with E-state index in [1.807, 2.05) is 0 Å². The topological polar surface area (TPSA) is 24.9 Å². The minimum absolute atomic E-state index is 0.201.